The minimum Gasteiger partial charge on any atom is -0.486 e. The van der Waals surface area contributed by atoms with Crippen molar-refractivity contribution in [1.82, 2.24) is 14.9 Å². The van der Waals surface area contributed by atoms with Crippen LogP contribution in [-0.2, 0) is 11.3 Å². The van der Waals surface area contributed by atoms with Crippen LogP contribution in [0.1, 0.15) is 30.1 Å². The van der Waals surface area contributed by atoms with Gasteiger partial charge in [-0.3, -0.25) is 9.59 Å². The summed E-state index contributed by atoms with van der Waals surface area (Å²) in [5, 5.41) is 11.2. The first-order chi connectivity index (χ1) is 14.6. The number of amides is 1. The van der Waals surface area contributed by atoms with Crippen LogP contribution in [-0.4, -0.2) is 34.1 Å². The number of carbonyl (C=O) groups excluding carboxylic acids is 1. The van der Waals surface area contributed by atoms with E-state index >= 15 is 0 Å². The second kappa shape index (κ2) is 7.33. The third-order valence-corrected chi connectivity index (χ3v) is 5.00. The third kappa shape index (κ3) is 3.66. The highest BCUT2D eigenvalue weighted by molar-refractivity contribution is 5.90. The normalized spacial score (nSPS) is 15.1. The van der Waals surface area contributed by atoms with Crippen LogP contribution in [0.4, 0.5) is 5.69 Å². The van der Waals surface area contributed by atoms with Gasteiger partial charge in [0.25, 0.3) is 5.56 Å². The molecule has 154 valence electrons. The number of benzene rings is 1. The fraction of sp³-hybridized carbons (Fsp3) is 0.333. The van der Waals surface area contributed by atoms with Crippen LogP contribution in [0, 0.1) is 6.92 Å². The van der Waals surface area contributed by atoms with Gasteiger partial charge in [-0.25, -0.2) is 4.68 Å². The Morgan fingerprint density at radius 3 is 2.70 bits per heavy atom. The van der Waals surface area contributed by atoms with E-state index in [1.807, 2.05) is 6.92 Å². The van der Waals surface area contributed by atoms with Gasteiger partial charge in [0.05, 0.1) is 11.4 Å². The van der Waals surface area contributed by atoms with Crippen molar-refractivity contribution in [2.45, 2.75) is 32.2 Å². The van der Waals surface area contributed by atoms with Crippen molar-refractivity contribution in [3.8, 4) is 22.8 Å². The minimum absolute atomic E-state index is 0.192. The molecule has 1 fully saturated rings. The van der Waals surface area contributed by atoms with Gasteiger partial charge in [0.15, 0.2) is 17.3 Å². The molecule has 9 heteroatoms. The summed E-state index contributed by atoms with van der Waals surface area (Å²) in [6.45, 7) is 2.59. The summed E-state index contributed by atoms with van der Waals surface area (Å²) >= 11 is 0. The molecule has 1 saturated carbocycles. The van der Waals surface area contributed by atoms with E-state index in [1.165, 1.54) is 10.7 Å². The van der Waals surface area contributed by atoms with Crippen molar-refractivity contribution in [2.75, 3.05) is 18.5 Å². The van der Waals surface area contributed by atoms with Crippen LogP contribution in [0.5, 0.6) is 11.5 Å². The second-order valence-electron chi connectivity index (χ2n) is 7.45. The second-order valence-corrected chi connectivity index (χ2v) is 7.45. The molecular formula is C21H20N4O5. The van der Waals surface area contributed by atoms with E-state index in [0.717, 1.165) is 24.2 Å². The largest absolute Gasteiger partial charge is 0.486 e. The van der Waals surface area contributed by atoms with E-state index in [-0.39, 0.29) is 23.9 Å². The molecule has 0 bridgehead atoms. The van der Waals surface area contributed by atoms with Gasteiger partial charge in [0.1, 0.15) is 19.8 Å². The molecule has 5 rings (SSSR count). The number of aromatic nitrogens is 3. The van der Waals surface area contributed by atoms with Crippen LogP contribution in [0.15, 0.2) is 39.6 Å². The Bertz CT molecular complexity index is 1180. The number of carbonyl (C=O) groups is 1. The van der Waals surface area contributed by atoms with Gasteiger partial charge in [0, 0.05) is 35.4 Å². The maximum atomic E-state index is 12.6. The van der Waals surface area contributed by atoms with Crippen molar-refractivity contribution in [3.05, 3.63) is 52.1 Å². The molecule has 1 aromatic carbocycles. The van der Waals surface area contributed by atoms with Crippen molar-refractivity contribution < 1.29 is 18.8 Å². The highest BCUT2D eigenvalue weighted by atomic mass is 16.6. The molecule has 1 aliphatic carbocycles. The van der Waals surface area contributed by atoms with Gasteiger partial charge in [-0.1, -0.05) is 5.16 Å². The molecule has 0 radical (unpaired) electrons. The first-order valence-corrected chi connectivity index (χ1v) is 9.82. The average Bonchev–Trinajstić information content (AvgIpc) is 3.49. The number of aryl methyl sites for hydroxylation is 1. The smallest absolute Gasteiger partial charge is 0.267 e. The van der Waals surface area contributed by atoms with Gasteiger partial charge >= 0.3 is 0 Å². The molecule has 1 aliphatic heterocycles. The Labute approximate surface area is 171 Å². The third-order valence-electron chi connectivity index (χ3n) is 5.00. The molecule has 3 heterocycles. The first kappa shape index (κ1) is 18.4. The minimum atomic E-state index is -0.374. The van der Waals surface area contributed by atoms with E-state index in [4.69, 9.17) is 14.0 Å². The number of hydrogen-bond acceptors (Lipinski definition) is 7. The Morgan fingerprint density at radius 1 is 1.17 bits per heavy atom. The van der Waals surface area contributed by atoms with E-state index < -0.39 is 0 Å². The lowest BCUT2D eigenvalue weighted by Crippen LogP contribution is -2.30. The van der Waals surface area contributed by atoms with Crippen molar-refractivity contribution in [3.63, 3.8) is 0 Å². The number of nitrogens with one attached hydrogen (secondary N) is 1. The predicted octanol–water partition coefficient (Wildman–Crippen LogP) is 2.49. The first-order valence-electron chi connectivity index (χ1n) is 9.82. The molecule has 1 amide bonds. The van der Waals surface area contributed by atoms with Crippen LogP contribution >= 0.6 is 0 Å². The van der Waals surface area contributed by atoms with Crippen LogP contribution < -0.4 is 20.3 Å². The van der Waals surface area contributed by atoms with Gasteiger partial charge in [-0.15, -0.1) is 0 Å². The predicted molar refractivity (Wildman–Crippen MR) is 107 cm³/mol. The molecule has 0 saturated heterocycles. The number of fused-ring (bicyclic) bond motifs is 1. The van der Waals surface area contributed by atoms with Crippen LogP contribution in [0.25, 0.3) is 11.3 Å². The average molecular weight is 408 g/mol. The topological polar surface area (TPSA) is 108 Å². The fourth-order valence-electron chi connectivity index (χ4n) is 3.42. The maximum absolute atomic E-state index is 12.6. The van der Waals surface area contributed by atoms with Gasteiger partial charge < -0.3 is 19.3 Å². The Hall–Kier alpha value is -3.62. The van der Waals surface area contributed by atoms with Crippen LogP contribution in [0.2, 0.25) is 0 Å². The number of hydrogen-bond donors (Lipinski definition) is 1. The zero-order valence-corrected chi connectivity index (χ0v) is 16.4. The van der Waals surface area contributed by atoms with E-state index in [2.05, 4.69) is 15.6 Å². The molecule has 2 aromatic heterocycles. The number of ether oxygens (including phenoxy) is 2. The molecule has 0 unspecified atom stereocenters. The summed E-state index contributed by atoms with van der Waals surface area (Å²) in [7, 11) is 0. The number of anilines is 1. The molecule has 2 aliphatic rings. The van der Waals surface area contributed by atoms with E-state index in [9.17, 15) is 9.59 Å². The van der Waals surface area contributed by atoms with Gasteiger partial charge in [0.2, 0.25) is 5.91 Å². The summed E-state index contributed by atoms with van der Waals surface area (Å²) < 4.78 is 17.5. The van der Waals surface area contributed by atoms with Crippen molar-refractivity contribution >= 4 is 11.6 Å². The standard InChI is InChI=1S/C21H20N4O5/c1-12-8-17(30-24-12)15-10-20(27)25(23-21(15)13-2-3-13)11-19(26)22-14-4-5-16-18(9-14)29-7-6-28-16/h4-5,8-10,13H,2-3,6-7,11H2,1H3,(H,22,26). The monoisotopic (exact) mass is 408 g/mol. The lowest BCUT2D eigenvalue weighted by atomic mass is 10.1. The summed E-state index contributed by atoms with van der Waals surface area (Å²) in [4.78, 5) is 25.2. The Kier molecular flexibility index (Phi) is 4.50. The number of rotatable bonds is 5. The zero-order valence-electron chi connectivity index (χ0n) is 16.4. The zero-order chi connectivity index (χ0) is 20.7. The molecule has 3 aromatic rings. The highest BCUT2D eigenvalue weighted by Gasteiger charge is 2.30. The van der Waals surface area contributed by atoms with E-state index in [1.54, 1.807) is 24.3 Å². The van der Waals surface area contributed by atoms with Crippen molar-refractivity contribution in [2.24, 2.45) is 0 Å². The quantitative estimate of drug-likeness (QED) is 0.691. The summed E-state index contributed by atoms with van der Waals surface area (Å²) in [5.41, 5.74) is 2.33. The van der Waals surface area contributed by atoms with Gasteiger partial charge in [-0.05, 0) is 31.9 Å². The summed E-state index contributed by atoms with van der Waals surface area (Å²) in [6.07, 6.45) is 1.99. The molecule has 9 nitrogen and oxygen atoms in total. The maximum Gasteiger partial charge on any atom is 0.267 e. The molecule has 0 atom stereocenters. The lowest BCUT2D eigenvalue weighted by molar-refractivity contribution is -0.117. The lowest BCUT2D eigenvalue weighted by Gasteiger charge is -2.19. The van der Waals surface area contributed by atoms with Crippen LogP contribution in [0.3, 0.4) is 0 Å². The Balaban J connectivity index is 1.37. The fourth-order valence-corrected chi connectivity index (χ4v) is 3.42. The summed E-state index contributed by atoms with van der Waals surface area (Å²) in [6, 6.07) is 8.42. The Morgan fingerprint density at radius 2 is 1.97 bits per heavy atom. The molecule has 30 heavy (non-hydrogen) atoms. The van der Waals surface area contributed by atoms with Crippen molar-refractivity contribution in [1.29, 1.82) is 0 Å². The summed E-state index contributed by atoms with van der Waals surface area (Å²) in [5.74, 6) is 1.65. The molecule has 1 N–H and O–H groups in total. The highest BCUT2D eigenvalue weighted by Crippen LogP contribution is 2.42. The molecular weight excluding hydrogens is 388 g/mol. The number of nitrogens with zero attached hydrogens (tertiary/aromatic N) is 3. The van der Waals surface area contributed by atoms with Gasteiger partial charge in [-0.2, -0.15) is 5.10 Å². The molecule has 0 spiro atoms. The SMILES string of the molecule is Cc1cc(-c2cc(=O)n(CC(=O)Nc3ccc4c(c3)OCCO4)nc2C2CC2)on1. The van der Waals surface area contributed by atoms with E-state index in [0.29, 0.717) is 41.7 Å².